The zero-order valence-electron chi connectivity index (χ0n) is 10.1. The number of rotatable bonds is 8. The first-order valence-electron chi connectivity index (χ1n) is 5.74. The van der Waals surface area contributed by atoms with Crippen LogP contribution in [0.5, 0.6) is 0 Å². The van der Waals surface area contributed by atoms with Crippen LogP contribution in [-0.2, 0) is 0 Å². The molecule has 2 N–H and O–H groups in total. The van der Waals surface area contributed by atoms with Crippen molar-refractivity contribution in [3.8, 4) is 0 Å². The Morgan fingerprint density at radius 1 is 1.29 bits per heavy atom. The topological polar surface area (TPSA) is 29.3 Å². The Bertz CT molecular complexity index is 150. The van der Waals surface area contributed by atoms with Crippen molar-refractivity contribution in [2.45, 2.75) is 45.6 Å². The lowest BCUT2D eigenvalue weighted by molar-refractivity contribution is 0.216. The minimum atomic E-state index is -0.0157. The van der Waals surface area contributed by atoms with E-state index in [9.17, 15) is 0 Å². The molecule has 0 heterocycles. The average molecular weight is 198 g/mol. The fourth-order valence-electron chi connectivity index (χ4n) is 1.65. The fourth-order valence-corrected chi connectivity index (χ4v) is 1.65. The second-order valence-electron chi connectivity index (χ2n) is 4.09. The van der Waals surface area contributed by atoms with Gasteiger partial charge in [-0.15, -0.1) is 6.58 Å². The Labute approximate surface area is 89.2 Å². The molecule has 0 fully saturated rings. The molecule has 0 aromatic rings. The fraction of sp³-hybridized carbons (Fsp3) is 0.833. The maximum absolute atomic E-state index is 6.28. The Morgan fingerprint density at radius 3 is 2.21 bits per heavy atom. The summed E-state index contributed by atoms with van der Waals surface area (Å²) in [4.78, 5) is 2.39. The van der Waals surface area contributed by atoms with Crippen molar-refractivity contribution < 1.29 is 0 Å². The van der Waals surface area contributed by atoms with E-state index in [1.54, 1.807) is 0 Å². The Balaban J connectivity index is 4.16. The molecular formula is C12H26N2. The van der Waals surface area contributed by atoms with Crippen molar-refractivity contribution in [1.82, 2.24) is 4.90 Å². The SMILES string of the molecule is C=CCN(CCC)CC(N)(CC)CC. The highest BCUT2D eigenvalue weighted by Gasteiger charge is 2.22. The van der Waals surface area contributed by atoms with Gasteiger partial charge in [-0.1, -0.05) is 26.8 Å². The predicted molar refractivity (Wildman–Crippen MR) is 64.4 cm³/mol. The highest BCUT2D eigenvalue weighted by atomic mass is 15.1. The van der Waals surface area contributed by atoms with Crippen LogP contribution in [0.4, 0.5) is 0 Å². The van der Waals surface area contributed by atoms with Crippen molar-refractivity contribution in [2.24, 2.45) is 5.73 Å². The summed E-state index contributed by atoms with van der Waals surface area (Å²) < 4.78 is 0. The molecule has 0 saturated heterocycles. The molecule has 0 bridgehead atoms. The van der Waals surface area contributed by atoms with Crippen molar-refractivity contribution >= 4 is 0 Å². The first kappa shape index (κ1) is 13.7. The number of nitrogens with two attached hydrogens (primary N) is 1. The third kappa shape index (κ3) is 4.77. The second kappa shape index (κ2) is 7.02. The van der Waals surface area contributed by atoms with E-state index in [-0.39, 0.29) is 5.54 Å². The van der Waals surface area contributed by atoms with Crippen molar-refractivity contribution in [3.63, 3.8) is 0 Å². The molecule has 0 aromatic carbocycles. The largest absolute Gasteiger partial charge is 0.324 e. The van der Waals surface area contributed by atoms with Crippen molar-refractivity contribution in [3.05, 3.63) is 12.7 Å². The first-order chi connectivity index (χ1) is 6.61. The lowest BCUT2D eigenvalue weighted by Crippen LogP contribution is -2.49. The molecule has 14 heavy (non-hydrogen) atoms. The molecule has 0 amide bonds. The van der Waals surface area contributed by atoms with Crippen LogP contribution in [0.15, 0.2) is 12.7 Å². The molecule has 0 aliphatic carbocycles. The van der Waals surface area contributed by atoms with E-state index in [1.165, 1.54) is 6.42 Å². The molecule has 0 atom stereocenters. The third-order valence-corrected chi connectivity index (χ3v) is 2.87. The van der Waals surface area contributed by atoms with Gasteiger partial charge in [-0.2, -0.15) is 0 Å². The van der Waals surface area contributed by atoms with E-state index >= 15 is 0 Å². The van der Waals surface area contributed by atoms with E-state index < -0.39 is 0 Å². The molecule has 0 aliphatic rings. The smallest absolute Gasteiger partial charge is 0.0278 e. The van der Waals surface area contributed by atoms with Crippen LogP contribution < -0.4 is 5.73 Å². The van der Waals surface area contributed by atoms with Crippen LogP contribution >= 0.6 is 0 Å². The summed E-state index contributed by atoms with van der Waals surface area (Å²) in [5, 5.41) is 0. The predicted octanol–water partition coefficient (Wildman–Crippen LogP) is 2.40. The normalized spacial score (nSPS) is 12.1. The molecule has 0 radical (unpaired) electrons. The van der Waals surface area contributed by atoms with Gasteiger partial charge in [-0.25, -0.2) is 0 Å². The monoisotopic (exact) mass is 198 g/mol. The summed E-state index contributed by atoms with van der Waals surface area (Å²) >= 11 is 0. The molecule has 0 unspecified atom stereocenters. The lowest BCUT2D eigenvalue weighted by atomic mass is 9.93. The van der Waals surface area contributed by atoms with E-state index in [2.05, 4.69) is 32.3 Å². The molecule has 84 valence electrons. The van der Waals surface area contributed by atoms with Crippen LogP contribution in [0.2, 0.25) is 0 Å². The zero-order chi connectivity index (χ0) is 11.0. The summed E-state index contributed by atoms with van der Waals surface area (Å²) in [7, 11) is 0. The van der Waals surface area contributed by atoms with E-state index in [0.717, 1.165) is 32.5 Å². The Kier molecular flexibility index (Phi) is 6.85. The number of nitrogens with zero attached hydrogens (tertiary/aromatic N) is 1. The maximum Gasteiger partial charge on any atom is 0.0278 e. The third-order valence-electron chi connectivity index (χ3n) is 2.87. The molecule has 0 aliphatic heterocycles. The van der Waals surface area contributed by atoms with Gasteiger partial charge in [0.25, 0.3) is 0 Å². The first-order valence-corrected chi connectivity index (χ1v) is 5.74. The number of hydrogen-bond donors (Lipinski definition) is 1. The molecule has 0 saturated carbocycles. The Morgan fingerprint density at radius 2 is 1.86 bits per heavy atom. The summed E-state index contributed by atoms with van der Waals surface area (Å²) in [5.41, 5.74) is 6.27. The van der Waals surface area contributed by atoms with Crippen LogP contribution in [0.1, 0.15) is 40.0 Å². The van der Waals surface area contributed by atoms with E-state index in [1.807, 2.05) is 6.08 Å². The standard InChI is InChI=1S/C12H26N2/c1-5-9-14(10-6-2)11-12(13,7-3)8-4/h5H,1,6-11,13H2,2-4H3. The molecule has 2 nitrogen and oxygen atoms in total. The highest BCUT2D eigenvalue weighted by Crippen LogP contribution is 2.13. The summed E-state index contributed by atoms with van der Waals surface area (Å²) in [6.07, 6.45) is 5.22. The van der Waals surface area contributed by atoms with Gasteiger partial charge < -0.3 is 5.73 Å². The van der Waals surface area contributed by atoms with Crippen LogP contribution in [0, 0.1) is 0 Å². The van der Waals surface area contributed by atoms with Crippen LogP contribution in [0.25, 0.3) is 0 Å². The molecule has 0 spiro atoms. The zero-order valence-corrected chi connectivity index (χ0v) is 10.1. The molecule has 0 rings (SSSR count). The molecule has 0 aromatic heterocycles. The lowest BCUT2D eigenvalue weighted by Gasteiger charge is -2.33. The summed E-state index contributed by atoms with van der Waals surface area (Å²) in [6, 6.07) is 0. The van der Waals surface area contributed by atoms with Gasteiger partial charge in [0, 0.05) is 18.6 Å². The van der Waals surface area contributed by atoms with Crippen molar-refractivity contribution in [1.29, 1.82) is 0 Å². The van der Waals surface area contributed by atoms with Crippen LogP contribution in [-0.4, -0.2) is 30.1 Å². The Hall–Kier alpha value is -0.340. The highest BCUT2D eigenvalue weighted by molar-refractivity contribution is 4.86. The van der Waals surface area contributed by atoms with Gasteiger partial charge >= 0.3 is 0 Å². The van der Waals surface area contributed by atoms with E-state index in [4.69, 9.17) is 5.73 Å². The molecular weight excluding hydrogens is 172 g/mol. The quantitative estimate of drug-likeness (QED) is 0.607. The van der Waals surface area contributed by atoms with Crippen LogP contribution in [0.3, 0.4) is 0 Å². The molecule has 2 heteroatoms. The number of hydrogen-bond acceptors (Lipinski definition) is 2. The average Bonchev–Trinajstić information content (AvgIpc) is 2.18. The second-order valence-corrected chi connectivity index (χ2v) is 4.09. The summed E-state index contributed by atoms with van der Waals surface area (Å²) in [6.45, 7) is 13.4. The minimum Gasteiger partial charge on any atom is -0.324 e. The van der Waals surface area contributed by atoms with Crippen molar-refractivity contribution in [2.75, 3.05) is 19.6 Å². The van der Waals surface area contributed by atoms with Gasteiger partial charge in [-0.05, 0) is 25.8 Å². The van der Waals surface area contributed by atoms with Gasteiger partial charge in [0.15, 0.2) is 0 Å². The maximum atomic E-state index is 6.28. The van der Waals surface area contributed by atoms with E-state index in [0.29, 0.717) is 0 Å². The van der Waals surface area contributed by atoms with Gasteiger partial charge in [0.1, 0.15) is 0 Å². The minimum absolute atomic E-state index is 0.0157. The van der Waals surface area contributed by atoms with Gasteiger partial charge in [0.2, 0.25) is 0 Å². The van der Waals surface area contributed by atoms with Gasteiger partial charge in [-0.3, -0.25) is 4.90 Å². The van der Waals surface area contributed by atoms with Gasteiger partial charge in [0.05, 0.1) is 0 Å². The summed E-state index contributed by atoms with van der Waals surface area (Å²) in [5.74, 6) is 0.